The largest absolute Gasteiger partial charge is 0.491 e. The number of carbonyl (C=O) groups excluding carboxylic acids is 3. The Labute approximate surface area is 388 Å². The number of nitrogens with zero attached hydrogens (tertiary/aromatic N) is 8. The quantitative estimate of drug-likeness (QED) is 0.0215. The van der Waals surface area contributed by atoms with Gasteiger partial charge in [0, 0.05) is 62.6 Å². The van der Waals surface area contributed by atoms with Crippen LogP contribution in [0.25, 0.3) is 22.1 Å². The molecule has 3 aromatic heterocycles. The van der Waals surface area contributed by atoms with Crippen molar-refractivity contribution >= 4 is 57.4 Å². The van der Waals surface area contributed by atoms with Gasteiger partial charge in [-0.05, 0) is 84.1 Å². The molecule has 21 heteroatoms. The number of allylic oxidation sites excluding steroid dienone is 3. The minimum atomic E-state index is -1.33. The fourth-order valence-electron chi connectivity index (χ4n) is 7.43. The normalized spacial score (nSPS) is 14.4. The second-order valence-corrected chi connectivity index (χ2v) is 15.7. The fraction of sp³-hybridized carbons (Fsp3) is 0.413. The van der Waals surface area contributed by atoms with Crippen LogP contribution in [0.2, 0.25) is 0 Å². The van der Waals surface area contributed by atoms with Crippen LogP contribution in [0, 0.1) is 6.92 Å². The Kier molecular flexibility index (Phi) is 17.4. The predicted octanol–water partition coefficient (Wildman–Crippen LogP) is 2.99. The van der Waals surface area contributed by atoms with E-state index in [1.807, 2.05) is 45.2 Å². The summed E-state index contributed by atoms with van der Waals surface area (Å²) in [6.45, 7) is 13.3. The average molecular weight is 923 g/mol. The van der Waals surface area contributed by atoms with Crippen LogP contribution in [0.15, 0.2) is 71.4 Å². The third-order valence-corrected chi connectivity index (χ3v) is 10.6. The van der Waals surface area contributed by atoms with Crippen molar-refractivity contribution < 1.29 is 33.7 Å². The van der Waals surface area contributed by atoms with Gasteiger partial charge in [-0.25, -0.2) is 9.97 Å². The summed E-state index contributed by atoms with van der Waals surface area (Å²) in [6, 6.07) is 8.12. The molecule has 67 heavy (non-hydrogen) atoms. The SMILES string of the molecule is CCN=C(/C=C(/C)N)C(=O)Nc1nc2cc(C(N)=O)cc(OCCCNC)c2n1C/C=C/Cn1c(NC(=O)c2cc(C)nn2CC)nc2cc(C(N)O)cc(OC/C=C/CN3CCOCC3)c21. The molecule has 0 spiro atoms. The van der Waals surface area contributed by atoms with Crippen LogP contribution in [0.3, 0.4) is 0 Å². The van der Waals surface area contributed by atoms with Crippen molar-refractivity contribution in [2.24, 2.45) is 22.2 Å². The van der Waals surface area contributed by atoms with Crippen LogP contribution < -0.4 is 42.6 Å². The Hall–Kier alpha value is -6.91. The van der Waals surface area contributed by atoms with Gasteiger partial charge in [-0.15, -0.1) is 0 Å². The standard InChI is InChI=1S/C46H62N14O7/c1-6-51-35(23-29(3)47)43(63)54-45-52-33-25-32(42(49)62)28-38(67-20-12-13-50-5)40(33)58(45)15-8-9-16-59-39-34(53-46(59)55-44(64)36-24-30(4)56-60(36)7-2)26-31(41(48)61)27-37(39)66-19-11-10-14-57-17-21-65-22-18-57/h8-11,23-28,41,50,61H,6-7,12-22,47-48H2,1-5H3,(H2,49,62)(H,52,54,63)(H,53,55,64)/b9-8+,11-10+,29-23-,51-35?. The van der Waals surface area contributed by atoms with E-state index in [0.29, 0.717) is 102 Å². The molecule has 1 fully saturated rings. The first-order valence-corrected chi connectivity index (χ1v) is 22.3. The van der Waals surface area contributed by atoms with E-state index < -0.39 is 23.9 Å². The Morgan fingerprint density at radius 3 is 2.19 bits per heavy atom. The lowest BCUT2D eigenvalue weighted by atomic mass is 10.1. The number of hydrogen-bond acceptors (Lipinski definition) is 15. The number of aryl methyl sites for hydroxylation is 2. The van der Waals surface area contributed by atoms with Gasteiger partial charge in [-0.2, -0.15) is 5.10 Å². The monoisotopic (exact) mass is 922 g/mol. The number of amides is 3. The van der Waals surface area contributed by atoms with Gasteiger partial charge in [0.05, 0.1) is 36.5 Å². The maximum Gasteiger partial charge on any atom is 0.276 e. The molecule has 10 N–H and O–H groups in total. The summed E-state index contributed by atoms with van der Waals surface area (Å²) in [5.74, 6) is -0.578. The number of carbonyl (C=O) groups is 3. The highest BCUT2D eigenvalue weighted by Gasteiger charge is 2.23. The zero-order chi connectivity index (χ0) is 48.0. The number of aliphatic hydroxyl groups excluding tert-OH is 1. The van der Waals surface area contributed by atoms with Crippen molar-refractivity contribution in [3.05, 3.63) is 88.9 Å². The molecular formula is C46H62N14O7. The first kappa shape index (κ1) is 49.5. The maximum atomic E-state index is 13.9. The summed E-state index contributed by atoms with van der Waals surface area (Å²) in [6.07, 6.45) is 8.49. The van der Waals surface area contributed by atoms with Gasteiger partial charge < -0.3 is 51.0 Å². The highest BCUT2D eigenvalue weighted by Crippen LogP contribution is 2.34. The van der Waals surface area contributed by atoms with Gasteiger partial charge in [0.1, 0.15) is 46.8 Å². The first-order valence-electron chi connectivity index (χ1n) is 22.3. The van der Waals surface area contributed by atoms with E-state index >= 15 is 0 Å². The molecule has 1 atom stereocenters. The summed E-state index contributed by atoms with van der Waals surface area (Å²) in [5.41, 5.74) is 21.6. The number of ether oxygens (including phenoxy) is 3. The zero-order valence-electron chi connectivity index (χ0n) is 38.7. The number of benzene rings is 2. The number of anilines is 2. The summed E-state index contributed by atoms with van der Waals surface area (Å²) in [5, 5.41) is 23.9. The lowest BCUT2D eigenvalue weighted by Gasteiger charge is -2.25. The summed E-state index contributed by atoms with van der Waals surface area (Å²) in [7, 11) is 1.84. The van der Waals surface area contributed by atoms with E-state index in [1.54, 1.807) is 58.0 Å². The molecule has 0 saturated carbocycles. The van der Waals surface area contributed by atoms with Crippen molar-refractivity contribution in [1.82, 2.24) is 39.1 Å². The van der Waals surface area contributed by atoms with Crippen LogP contribution in [0.5, 0.6) is 11.5 Å². The number of nitrogens with two attached hydrogens (primary N) is 3. The number of aromatic nitrogens is 6. The molecular weight excluding hydrogens is 861 g/mol. The van der Waals surface area contributed by atoms with Crippen LogP contribution >= 0.6 is 0 Å². The smallest absolute Gasteiger partial charge is 0.276 e. The number of primary amides is 1. The fourth-order valence-corrected chi connectivity index (χ4v) is 7.43. The lowest BCUT2D eigenvalue weighted by molar-refractivity contribution is -0.110. The topological polar surface area (TPSA) is 282 Å². The lowest BCUT2D eigenvalue weighted by Crippen LogP contribution is -2.36. The van der Waals surface area contributed by atoms with Gasteiger partial charge in [0.25, 0.3) is 11.8 Å². The summed E-state index contributed by atoms with van der Waals surface area (Å²) >= 11 is 0. The van der Waals surface area contributed by atoms with E-state index in [2.05, 4.69) is 30.9 Å². The molecule has 21 nitrogen and oxygen atoms in total. The van der Waals surface area contributed by atoms with Crippen molar-refractivity contribution in [3.8, 4) is 11.5 Å². The molecule has 0 radical (unpaired) electrons. The number of nitrogens with one attached hydrogen (secondary N) is 3. The van der Waals surface area contributed by atoms with E-state index in [9.17, 15) is 19.5 Å². The predicted molar refractivity (Wildman–Crippen MR) is 257 cm³/mol. The van der Waals surface area contributed by atoms with Crippen LogP contribution in [-0.4, -0.2) is 129 Å². The molecule has 0 aliphatic carbocycles. The molecule has 6 rings (SSSR count). The van der Waals surface area contributed by atoms with Crippen molar-refractivity contribution in [2.45, 2.75) is 60.0 Å². The highest BCUT2D eigenvalue weighted by molar-refractivity contribution is 6.47. The van der Waals surface area contributed by atoms with Crippen molar-refractivity contribution in [1.29, 1.82) is 0 Å². The maximum absolute atomic E-state index is 13.9. The van der Waals surface area contributed by atoms with Gasteiger partial charge >= 0.3 is 0 Å². The van der Waals surface area contributed by atoms with Gasteiger partial charge in [-0.1, -0.05) is 24.3 Å². The van der Waals surface area contributed by atoms with E-state index in [0.717, 1.165) is 19.6 Å². The molecule has 3 amide bonds. The van der Waals surface area contributed by atoms with Gasteiger partial charge in [0.15, 0.2) is 0 Å². The second-order valence-electron chi connectivity index (χ2n) is 15.7. The molecule has 1 aliphatic rings. The Balaban J connectivity index is 1.40. The summed E-state index contributed by atoms with van der Waals surface area (Å²) < 4.78 is 23.2. The van der Waals surface area contributed by atoms with Gasteiger partial charge in [0.2, 0.25) is 17.8 Å². The van der Waals surface area contributed by atoms with Crippen molar-refractivity contribution in [2.75, 3.05) is 76.8 Å². The molecule has 2 aromatic carbocycles. The second kappa shape index (κ2) is 23.5. The Morgan fingerprint density at radius 1 is 0.910 bits per heavy atom. The number of imidazole rings is 2. The number of aliphatic imine (C=N–C) groups is 1. The molecule has 1 unspecified atom stereocenters. The van der Waals surface area contributed by atoms with E-state index in [-0.39, 0.29) is 42.9 Å². The van der Waals surface area contributed by atoms with Gasteiger partial charge in [-0.3, -0.25) is 39.6 Å². The number of morpholine rings is 1. The Bertz CT molecular complexity index is 2660. The molecule has 358 valence electrons. The van der Waals surface area contributed by atoms with Crippen LogP contribution in [0.4, 0.5) is 11.9 Å². The molecule has 0 bridgehead atoms. The minimum Gasteiger partial charge on any atom is -0.491 e. The molecule has 4 heterocycles. The Morgan fingerprint density at radius 2 is 1.57 bits per heavy atom. The number of fused-ring (bicyclic) bond motifs is 2. The highest BCUT2D eigenvalue weighted by atomic mass is 16.5. The van der Waals surface area contributed by atoms with E-state index in [4.69, 9.17) is 41.4 Å². The van der Waals surface area contributed by atoms with E-state index in [1.165, 1.54) is 6.08 Å². The number of rotatable bonds is 23. The third-order valence-electron chi connectivity index (χ3n) is 10.6. The molecule has 1 aliphatic heterocycles. The minimum absolute atomic E-state index is 0.104. The number of hydrogen-bond donors (Lipinski definition) is 7. The molecule has 5 aromatic rings. The third kappa shape index (κ3) is 12.7. The zero-order valence-corrected chi connectivity index (χ0v) is 38.7. The van der Waals surface area contributed by atoms with Crippen LogP contribution in [-0.2, 0) is 29.2 Å². The average Bonchev–Trinajstić information content (AvgIpc) is 3.98. The molecule has 1 saturated heterocycles. The number of aliphatic hydroxyl groups is 1. The van der Waals surface area contributed by atoms with Crippen molar-refractivity contribution in [3.63, 3.8) is 0 Å². The summed E-state index contributed by atoms with van der Waals surface area (Å²) in [4.78, 5) is 56.3. The first-order chi connectivity index (χ1) is 32.3. The van der Waals surface area contributed by atoms with Crippen LogP contribution in [0.1, 0.15) is 65.5 Å².